The van der Waals surface area contributed by atoms with Crippen LogP contribution in [0, 0.1) is 6.92 Å². The Kier molecular flexibility index (Phi) is 6.25. The summed E-state index contributed by atoms with van der Waals surface area (Å²) in [5.41, 5.74) is 2.39. The molecule has 4 rings (SSSR count). The van der Waals surface area contributed by atoms with Crippen LogP contribution >= 0.6 is 0 Å². The van der Waals surface area contributed by atoms with Crippen LogP contribution in [0.5, 0.6) is 5.75 Å². The molecule has 1 amide bonds. The molecule has 32 heavy (non-hydrogen) atoms. The van der Waals surface area contributed by atoms with E-state index < -0.39 is 23.7 Å². The molecule has 1 unspecified atom stereocenters. The van der Waals surface area contributed by atoms with Crippen LogP contribution in [0.3, 0.4) is 0 Å². The van der Waals surface area contributed by atoms with Crippen LogP contribution in [0.1, 0.15) is 36.5 Å². The lowest BCUT2D eigenvalue weighted by molar-refractivity contribution is -0.139. The Bertz CT molecular complexity index is 1200. The molecule has 0 saturated carbocycles. The number of benzene rings is 2. The van der Waals surface area contributed by atoms with Crippen LogP contribution < -0.4 is 10.4 Å². The van der Waals surface area contributed by atoms with Crippen LogP contribution in [0.4, 0.5) is 4.79 Å². The van der Waals surface area contributed by atoms with Crippen molar-refractivity contribution in [1.29, 1.82) is 0 Å². The molecule has 166 valence electrons. The Labute approximate surface area is 185 Å². The number of hydrogen-bond acceptors (Lipinski definition) is 6. The minimum Gasteiger partial charge on any atom is -0.445 e. The number of likely N-dealkylation sites (tertiary alicyclic amines) is 1. The Morgan fingerprint density at radius 2 is 1.94 bits per heavy atom. The lowest BCUT2D eigenvalue weighted by Crippen LogP contribution is -2.42. The molecule has 0 spiro atoms. The third kappa shape index (κ3) is 4.51. The maximum atomic E-state index is 13.0. The van der Waals surface area contributed by atoms with Crippen LogP contribution in [-0.4, -0.2) is 29.5 Å². The summed E-state index contributed by atoms with van der Waals surface area (Å²) in [5, 5.41) is 0.799. The van der Waals surface area contributed by atoms with Crippen molar-refractivity contribution in [3.05, 3.63) is 75.6 Å². The van der Waals surface area contributed by atoms with Gasteiger partial charge in [-0.3, -0.25) is 4.90 Å². The number of fused-ring (bicyclic) bond motifs is 1. The summed E-state index contributed by atoms with van der Waals surface area (Å²) >= 11 is 0. The van der Waals surface area contributed by atoms with Crippen LogP contribution in [-0.2, 0) is 22.6 Å². The summed E-state index contributed by atoms with van der Waals surface area (Å²) in [7, 11) is 0. The zero-order valence-electron chi connectivity index (χ0n) is 18.1. The van der Waals surface area contributed by atoms with Gasteiger partial charge in [-0.05, 0) is 48.9 Å². The van der Waals surface area contributed by atoms with E-state index in [9.17, 15) is 14.4 Å². The van der Waals surface area contributed by atoms with Gasteiger partial charge in [0.05, 0.1) is 0 Å². The van der Waals surface area contributed by atoms with E-state index in [1.54, 1.807) is 6.07 Å². The van der Waals surface area contributed by atoms with E-state index in [4.69, 9.17) is 13.9 Å². The van der Waals surface area contributed by atoms with Crippen molar-refractivity contribution in [3.8, 4) is 5.75 Å². The molecule has 0 aliphatic carbocycles. The Hall–Kier alpha value is -3.61. The molecule has 0 N–H and O–H groups in total. The van der Waals surface area contributed by atoms with Gasteiger partial charge in [-0.25, -0.2) is 14.4 Å². The number of aryl methyl sites for hydroxylation is 2. The second-order valence-electron chi connectivity index (χ2n) is 7.87. The minimum atomic E-state index is -0.719. The Morgan fingerprint density at radius 1 is 1.16 bits per heavy atom. The number of amides is 1. The first-order chi connectivity index (χ1) is 15.5. The highest BCUT2D eigenvalue weighted by atomic mass is 16.6. The molecular weight excluding hydrogens is 410 g/mol. The van der Waals surface area contributed by atoms with E-state index in [1.807, 2.05) is 50.2 Å². The molecule has 1 atom stereocenters. The van der Waals surface area contributed by atoms with Crippen LogP contribution in [0.15, 0.2) is 57.7 Å². The number of carbonyl (C=O) groups excluding carboxylic acids is 2. The predicted octanol–water partition coefficient (Wildman–Crippen LogP) is 4.37. The highest BCUT2D eigenvalue weighted by Gasteiger charge is 2.37. The van der Waals surface area contributed by atoms with Gasteiger partial charge in [-0.2, -0.15) is 0 Å². The van der Waals surface area contributed by atoms with E-state index in [1.165, 1.54) is 11.0 Å². The summed E-state index contributed by atoms with van der Waals surface area (Å²) in [5.74, 6) is -0.188. The lowest BCUT2D eigenvalue weighted by atomic mass is 10.1. The highest BCUT2D eigenvalue weighted by molar-refractivity contribution is 5.86. The smallest absolute Gasteiger partial charge is 0.410 e. The molecule has 1 saturated heterocycles. The SMILES string of the molecule is CCc1cc2c(C)cc(=O)oc2cc1OC(=O)C1CCCN1C(=O)OCc1ccccc1. The summed E-state index contributed by atoms with van der Waals surface area (Å²) in [6.07, 6.45) is 1.28. The second kappa shape index (κ2) is 9.26. The maximum absolute atomic E-state index is 13.0. The molecular formula is C25H25NO6. The Balaban J connectivity index is 1.50. The third-order valence-corrected chi connectivity index (χ3v) is 5.69. The second-order valence-corrected chi connectivity index (χ2v) is 7.87. The van der Waals surface area contributed by atoms with Gasteiger partial charge in [0.2, 0.25) is 0 Å². The van der Waals surface area contributed by atoms with Gasteiger partial charge in [0.25, 0.3) is 0 Å². The molecule has 2 aromatic carbocycles. The zero-order valence-corrected chi connectivity index (χ0v) is 18.1. The van der Waals surface area contributed by atoms with E-state index in [0.717, 1.165) is 22.1 Å². The minimum absolute atomic E-state index is 0.140. The largest absolute Gasteiger partial charge is 0.445 e. The fourth-order valence-corrected chi connectivity index (χ4v) is 3.97. The van der Waals surface area contributed by atoms with E-state index >= 15 is 0 Å². The fourth-order valence-electron chi connectivity index (χ4n) is 3.97. The van der Waals surface area contributed by atoms with Gasteiger partial charge in [0.1, 0.15) is 24.0 Å². The van der Waals surface area contributed by atoms with Crippen molar-refractivity contribution in [2.75, 3.05) is 6.54 Å². The molecule has 1 fully saturated rings. The van der Waals surface area contributed by atoms with Crippen molar-refractivity contribution in [2.24, 2.45) is 0 Å². The maximum Gasteiger partial charge on any atom is 0.410 e. The van der Waals surface area contributed by atoms with Crippen molar-refractivity contribution >= 4 is 23.0 Å². The topological polar surface area (TPSA) is 86.0 Å². The summed E-state index contributed by atoms with van der Waals surface area (Å²) < 4.78 is 16.4. The van der Waals surface area contributed by atoms with Crippen molar-refractivity contribution < 1.29 is 23.5 Å². The third-order valence-electron chi connectivity index (χ3n) is 5.69. The predicted molar refractivity (Wildman–Crippen MR) is 119 cm³/mol. The van der Waals surface area contributed by atoms with Gasteiger partial charge >= 0.3 is 17.7 Å². The first-order valence-electron chi connectivity index (χ1n) is 10.7. The van der Waals surface area contributed by atoms with Gasteiger partial charge in [-0.1, -0.05) is 37.3 Å². The number of esters is 1. The average Bonchev–Trinajstić information content (AvgIpc) is 3.28. The van der Waals surface area contributed by atoms with Crippen LogP contribution in [0.2, 0.25) is 0 Å². The Morgan fingerprint density at radius 3 is 2.69 bits per heavy atom. The summed E-state index contributed by atoms with van der Waals surface area (Å²) in [6, 6.07) is 13.5. The molecule has 1 aliphatic heterocycles. The van der Waals surface area contributed by atoms with Gasteiger partial charge in [-0.15, -0.1) is 0 Å². The number of hydrogen-bond donors (Lipinski definition) is 0. The molecule has 7 heteroatoms. The summed E-state index contributed by atoms with van der Waals surface area (Å²) in [6.45, 7) is 4.36. The number of nitrogens with zero attached hydrogens (tertiary/aromatic N) is 1. The first kappa shape index (κ1) is 21.6. The van der Waals surface area contributed by atoms with Crippen LogP contribution in [0.25, 0.3) is 11.0 Å². The first-order valence-corrected chi connectivity index (χ1v) is 10.7. The van der Waals surface area contributed by atoms with Gasteiger partial charge < -0.3 is 13.9 Å². The molecule has 1 aromatic heterocycles. The summed E-state index contributed by atoms with van der Waals surface area (Å²) in [4.78, 5) is 38.8. The van der Waals surface area contributed by atoms with Crippen molar-refractivity contribution in [1.82, 2.24) is 4.90 Å². The monoisotopic (exact) mass is 435 g/mol. The van der Waals surface area contributed by atoms with E-state index in [0.29, 0.717) is 37.1 Å². The molecule has 2 heterocycles. The molecule has 1 aliphatic rings. The standard InChI is InChI=1S/C25H25NO6/c1-3-18-13-19-16(2)12-23(27)31-22(19)14-21(18)32-24(28)20-10-7-11-26(20)25(29)30-15-17-8-5-4-6-9-17/h4-6,8-9,12-14,20H,3,7,10-11,15H2,1-2H3. The molecule has 3 aromatic rings. The molecule has 7 nitrogen and oxygen atoms in total. The zero-order chi connectivity index (χ0) is 22.7. The number of rotatable bonds is 5. The highest BCUT2D eigenvalue weighted by Crippen LogP contribution is 2.29. The number of ether oxygens (including phenoxy) is 2. The van der Waals surface area contributed by atoms with Crippen molar-refractivity contribution in [2.45, 2.75) is 45.8 Å². The van der Waals surface area contributed by atoms with E-state index in [2.05, 4.69) is 0 Å². The molecule has 0 bridgehead atoms. The quantitative estimate of drug-likeness (QED) is 0.336. The van der Waals surface area contributed by atoms with Crippen molar-refractivity contribution in [3.63, 3.8) is 0 Å². The lowest BCUT2D eigenvalue weighted by Gasteiger charge is -2.23. The number of carbonyl (C=O) groups is 2. The van der Waals surface area contributed by atoms with Gasteiger partial charge in [0.15, 0.2) is 0 Å². The average molecular weight is 435 g/mol. The fraction of sp³-hybridized carbons (Fsp3) is 0.320. The molecule has 0 radical (unpaired) electrons. The normalized spacial score (nSPS) is 15.7. The van der Waals surface area contributed by atoms with E-state index in [-0.39, 0.29) is 6.61 Å². The van der Waals surface area contributed by atoms with Gasteiger partial charge in [0, 0.05) is 24.1 Å².